The highest BCUT2D eigenvalue weighted by molar-refractivity contribution is 7.99. The third-order valence-corrected chi connectivity index (χ3v) is 1.79. The van der Waals surface area contributed by atoms with E-state index in [1.807, 2.05) is 0 Å². The Labute approximate surface area is 53.8 Å². The number of hydrogen-bond acceptors (Lipinski definition) is 2. The van der Waals surface area contributed by atoms with Crippen molar-refractivity contribution in [2.75, 3.05) is 24.7 Å². The average Bonchev–Trinajstić information content (AvgIpc) is 1.81. The zero-order chi connectivity index (χ0) is 6.24. The van der Waals surface area contributed by atoms with Gasteiger partial charge in [-0.25, -0.2) is 0 Å². The van der Waals surface area contributed by atoms with Crippen LogP contribution < -0.4 is 5.73 Å². The molecule has 0 unspecified atom stereocenters. The molecule has 0 fully saturated rings. The van der Waals surface area contributed by atoms with Gasteiger partial charge in [-0.2, -0.15) is 11.8 Å². The first-order chi connectivity index (χ1) is 3.91. The number of hydrogen-bond donors (Lipinski definition) is 1. The fourth-order valence-electron chi connectivity index (χ4n) is 0.342. The van der Waals surface area contributed by atoms with Crippen molar-refractivity contribution in [3.63, 3.8) is 0 Å². The smallest absolute Gasteiger partial charge is 0.0902 e. The SMILES string of the molecule is NCCSCCCF. The van der Waals surface area contributed by atoms with Gasteiger partial charge in [0, 0.05) is 12.3 Å². The lowest BCUT2D eigenvalue weighted by Crippen LogP contribution is -2.01. The van der Waals surface area contributed by atoms with Crippen LogP contribution in [0.15, 0.2) is 0 Å². The minimum atomic E-state index is -0.197. The number of rotatable bonds is 5. The van der Waals surface area contributed by atoms with Crippen molar-refractivity contribution in [1.29, 1.82) is 0 Å². The second kappa shape index (κ2) is 7.24. The largest absolute Gasteiger partial charge is 0.330 e. The average molecular weight is 137 g/mol. The molecular formula is C5H12FNS. The van der Waals surface area contributed by atoms with Gasteiger partial charge in [0.1, 0.15) is 0 Å². The summed E-state index contributed by atoms with van der Waals surface area (Å²) in [7, 11) is 0. The first kappa shape index (κ1) is 8.24. The molecule has 0 aromatic carbocycles. The first-order valence-corrected chi connectivity index (χ1v) is 3.91. The Kier molecular flexibility index (Phi) is 7.46. The standard InChI is InChI=1S/C5H12FNS/c6-2-1-4-8-5-3-7/h1-5,7H2. The fourth-order valence-corrected chi connectivity index (χ4v) is 1.03. The Morgan fingerprint density at radius 2 is 2.12 bits per heavy atom. The van der Waals surface area contributed by atoms with Gasteiger partial charge >= 0.3 is 0 Å². The maximum absolute atomic E-state index is 11.4. The molecule has 2 N–H and O–H groups in total. The number of thioether (sulfide) groups is 1. The molecule has 0 saturated heterocycles. The van der Waals surface area contributed by atoms with E-state index in [0.717, 1.165) is 11.5 Å². The van der Waals surface area contributed by atoms with Crippen molar-refractivity contribution >= 4 is 11.8 Å². The summed E-state index contributed by atoms with van der Waals surface area (Å²) in [5.41, 5.74) is 5.20. The van der Waals surface area contributed by atoms with Crippen molar-refractivity contribution in [2.24, 2.45) is 5.73 Å². The van der Waals surface area contributed by atoms with Crippen molar-refractivity contribution in [1.82, 2.24) is 0 Å². The van der Waals surface area contributed by atoms with E-state index in [2.05, 4.69) is 0 Å². The quantitative estimate of drug-likeness (QED) is 0.573. The molecule has 0 saturated carbocycles. The summed E-state index contributed by atoms with van der Waals surface area (Å²) >= 11 is 1.71. The van der Waals surface area contributed by atoms with Crippen LogP contribution in [0.25, 0.3) is 0 Å². The summed E-state index contributed by atoms with van der Waals surface area (Å²) in [5, 5.41) is 0. The molecule has 0 aromatic rings. The summed E-state index contributed by atoms with van der Waals surface area (Å²) < 4.78 is 11.4. The van der Waals surface area contributed by atoms with E-state index in [4.69, 9.17) is 5.73 Å². The van der Waals surface area contributed by atoms with E-state index in [0.29, 0.717) is 13.0 Å². The Hall–Kier alpha value is 0.240. The highest BCUT2D eigenvalue weighted by atomic mass is 32.2. The van der Waals surface area contributed by atoms with Crippen molar-refractivity contribution in [2.45, 2.75) is 6.42 Å². The van der Waals surface area contributed by atoms with E-state index in [9.17, 15) is 4.39 Å². The van der Waals surface area contributed by atoms with E-state index >= 15 is 0 Å². The van der Waals surface area contributed by atoms with Crippen LogP contribution in [0.3, 0.4) is 0 Å². The summed E-state index contributed by atoms with van der Waals surface area (Å²) in [6, 6.07) is 0. The zero-order valence-electron chi connectivity index (χ0n) is 4.90. The predicted molar refractivity (Wildman–Crippen MR) is 37.0 cm³/mol. The predicted octanol–water partition coefficient (Wildman–Crippen LogP) is 1.04. The van der Waals surface area contributed by atoms with Crippen LogP contribution >= 0.6 is 11.8 Å². The molecule has 0 aliphatic heterocycles. The van der Waals surface area contributed by atoms with Crippen LogP contribution in [0.2, 0.25) is 0 Å². The normalized spacial score (nSPS) is 9.75. The molecule has 0 spiro atoms. The monoisotopic (exact) mass is 137 g/mol. The number of halogens is 1. The van der Waals surface area contributed by atoms with Crippen LogP contribution in [0.5, 0.6) is 0 Å². The van der Waals surface area contributed by atoms with Crippen LogP contribution in [-0.4, -0.2) is 24.7 Å². The van der Waals surface area contributed by atoms with Gasteiger partial charge in [0.05, 0.1) is 6.67 Å². The van der Waals surface area contributed by atoms with Gasteiger partial charge in [-0.3, -0.25) is 4.39 Å². The molecule has 0 amide bonds. The van der Waals surface area contributed by atoms with E-state index in [1.54, 1.807) is 11.8 Å². The molecule has 0 atom stereocenters. The second-order valence-corrected chi connectivity index (χ2v) is 2.67. The van der Waals surface area contributed by atoms with Crippen LogP contribution in [0, 0.1) is 0 Å². The van der Waals surface area contributed by atoms with Gasteiger partial charge in [0.2, 0.25) is 0 Å². The third kappa shape index (κ3) is 6.24. The van der Waals surface area contributed by atoms with E-state index in [1.165, 1.54) is 0 Å². The third-order valence-electron chi connectivity index (χ3n) is 0.684. The molecule has 0 radical (unpaired) electrons. The van der Waals surface area contributed by atoms with E-state index < -0.39 is 0 Å². The lowest BCUT2D eigenvalue weighted by molar-refractivity contribution is 0.489. The Balaban J connectivity index is 2.53. The van der Waals surface area contributed by atoms with Crippen molar-refractivity contribution < 1.29 is 4.39 Å². The molecule has 0 aromatic heterocycles. The van der Waals surface area contributed by atoms with Crippen LogP contribution in [0.1, 0.15) is 6.42 Å². The molecule has 0 bridgehead atoms. The molecule has 1 nitrogen and oxygen atoms in total. The van der Waals surface area contributed by atoms with E-state index in [-0.39, 0.29) is 6.67 Å². The Bertz CT molecular complexity index is 37.4. The summed E-state index contributed by atoms with van der Waals surface area (Å²) in [4.78, 5) is 0. The Morgan fingerprint density at radius 1 is 1.38 bits per heavy atom. The zero-order valence-corrected chi connectivity index (χ0v) is 5.72. The second-order valence-electron chi connectivity index (χ2n) is 1.44. The van der Waals surface area contributed by atoms with Gasteiger partial charge in [0.15, 0.2) is 0 Å². The van der Waals surface area contributed by atoms with Crippen LogP contribution in [-0.2, 0) is 0 Å². The molecule has 3 heteroatoms. The first-order valence-electron chi connectivity index (χ1n) is 2.75. The molecule has 0 rings (SSSR count). The van der Waals surface area contributed by atoms with Crippen molar-refractivity contribution in [3.8, 4) is 0 Å². The maximum Gasteiger partial charge on any atom is 0.0902 e. The highest BCUT2D eigenvalue weighted by Crippen LogP contribution is 1.99. The maximum atomic E-state index is 11.4. The van der Waals surface area contributed by atoms with Gasteiger partial charge in [0.25, 0.3) is 0 Å². The minimum absolute atomic E-state index is 0.197. The summed E-state index contributed by atoms with van der Waals surface area (Å²) in [6.07, 6.45) is 0.671. The molecular weight excluding hydrogens is 125 g/mol. The topological polar surface area (TPSA) is 26.0 Å². The van der Waals surface area contributed by atoms with Crippen molar-refractivity contribution in [3.05, 3.63) is 0 Å². The molecule has 0 aliphatic carbocycles. The number of alkyl halides is 1. The number of nitrogens with two attached hydrogens (primary N) is 1. The lowest BCUT2D eigenvalue weighted by Gasteiger charge is -1.93. The summed E-state index contributed by atoms with van der Waals surface area (Å²) in [5.74, 6) is 1.87. The summed E-state index contributed by atoms with van der Waals surface area (Å²) in [6.45, 7) is 0.508. The van der Waals surface area contributed by atoms with Gasteiger partial charge in [-0.15, -0.1) is 0 Å². The van der Waals surface area contributed by atoms with Gasteiger partial charge in [-0.05, 0) is 12.2 Å². The lowest BCUT2D eigenvalue weighted by atomic mass is 10.6. The Morgan fingerprint density at radius 3 is 2.62 bits per heavy atom. The highest BCUT2D eigenvalue weighted by Gasteiger charge is 1.84. The molecule has 50 valence electrons. The van der Waals surface area contributed by atoms with Gasteiger partial charge in [-0.1, -0.05) is 0 Å². The molecule has 0 aliphatic rings. The van der Waals surface area contributed by atoms with Gasteiger partial charge < -0.3 is 5.73 Å². The van der Waals surface area contributed by atoms with Crippen LogP contribution in [0.4, 0.5) is 4.39 Å². The molecule has 8 heavy (non-hydrogen) atoms. The molecule has 0 heterocycles. The minimum Gasteiger partial charge on any atom is -0.330 e. The fraction of sp³-hybridized carbons (Fsp3) is 1.00.